The van der Waals surface area contributed by atoms with Crippen molar-refractivity contribution in [2.75, 3.05) is 26.2 Å². The molecule has 0 aromatic rings. The molecule has 3 N–H and O–H groups in total. The molecule has 0 rings (SSSR count). The van der Waals surface area contributed by atoms with Crippen LogP contribution in [0.4, 0.5) is 0 Å². The lowest BCUT2D eigenvalue weighted by atomic mass is 10.0. The van der Waals surface area contributed by atoms with Crippen molar-refractivity contribution < 1.29 is 34.2 Å². The minimum absolute atomic E-state index is 0.0703. The average molecular weight is 597 g/mol. The molecule has 0 aliphatic carbocycles. The van der Waals surface area contributed by atoms with E-state index < -0.39 is 17.9 Å². The Bertz CT molecular complexity index is 643. The maximum atomic E-state index is 11.1. The third-order valence-corrected chi connectivity index (χ3v) is 8.45. The summed E-state index contributed by atoms with van der Waals surface area (Å²) in [5.74, 6) is -2.52. The first-order valence-electron chi connectivity index (χ1n) is 17.5. The molecule has 0 amide bonds. The normalized spacial score (nSPS) is 11.8. The van der Waals surface area contributed by atoms with Crippen molar-refractivity contribution in [1.29, 1.82) is 0 Å². The van der Waals surface area contributed by atoms with Gasteiger partial charge in [-0.1, -0.05) is 122 Å². The fourth-order valence-electron chi connectivity index (χ4n) is 5.89. The number of allylic oxidation sites excluding steroid dienone is 1. The largest absolute Gasteiger partial charge is 0.481 e. The molecule has 0 fully saturated rings. The van der Waals surface area contributed by atoms with Crippen molar-refractivity contribution in [1.82, 2.24) is 0 Å². The van der Waals surface area contributed by atoms with E-state index in [2.05, 4.69) is 19.1 Å². The molecule has 0 bridgehead atoms. The Morgan fingerprint density at radius 3 is 1.07 bits per heavy atom. The van der Waals surface area contributed by atoms with E-state index in [1.54, 1.807) is 0 Å². The van der Waals surface area contributed by atoms with E-state index in [9.17, 15) is 14.4 Å². The van der Waals surface area contributed by atoms with Crippen LogP contribution in [0.3, 0.4) is 0 Å². The van der Waals surface area contributed by atoms with Crippen molar-refractivity contribution in [2.45, 2.75) is 167 Å². The minimum atomic E-state index is -0.839. The van der Waals surface area contributed by atoms with Gasteiger partial charge in [-0.3, -0.25) is 14.4 Å². The smallest absolute Gasteiger partial charge is 0.303 e. The number of rotatable bonds is 33. The summed E-state index contributed by atoms with van der Waals surface area (Å²) in [6.07, 6.45) is 31.7. The molecule has 0 atom stereocenters. The predicted molar refractivity (Wildman–Crippen MR) is 173 cm³/mol. The van der Waals surface area contributed by atoms with Crippen LogP contribution in [0.2, 0.25) is 0 Å². The van der Waals surface area contributed by atoms with Gasteiger partial charge in [0.05, 0.1) is 45.4 Å². The van der Waals surface area contributed by atoms with Gasteiger partial charge >= 0.3 is 17.9 Å². The number of nitrogens with zero attached hydrogens (tertiary/aromatic N) is 1. The van der Waals surface area contributed by atoms with Crippen LogP contribution >= 0.6 is 0 Å². The van der Waals surface area contributed by atoms with E-state index in [0.29, 0.717) is 49.9 Å². The molecule has 0 radical (unpaired) electrons. The second-order valence-electron chi connectivity index (χ2n) is 12.5. The predicted octanol–water partition coefficient (Wildman–Crippen LogP) is 9.39. The molecule has 246 valence electrons. The van der Waals surface area contributed by atoms with Gasteiger partial charge in [-0.2, -0.15) is 0 Å². The van der Waals surface area contributed by atoms with E-state index in [1.165, 1.54) is 109 Å². The van der Waals surface area contributed by atoms with Crippen molar-refractivity contribution in [3.05, 3.63) is 12.2 Å². The highest BCUT2D eigenvalue weighted by Gasteiger charge is 2.26. The van der Waals surface area contributed by atoms with Crippen LogP contribution in [-0.4, -0.2) is 63.9 Å². The molecule has 0 saturated carbocycles. The van der Waals surface area contributed by atoms with Crippen LogP contribution < -0.4 is 0 Å². The molecule has 0 aliphatic rings. The Morgan fingerprint density at radius 2 is 0.762 bits per heavy atom. The number of aliphatic carboxylic acids is 3. The summed E-state index contributed by atoms with van der Waals surface area (Å²) >= 11 is 0. The molecular weight excluding hydrogens is 530 g/mol. The van der Waals surface area contributed by atoms with E-state index in [0.717, 1.165) is 12.8 Å². The second kappa shape index (κ2) is 29.2. The Kier molecular flexibility index (Phi) is 27.9. The van der Waals surface area contributed by atoms with Crippen molar-refractivity contribution >= 4 is 17.9 Å². The summed E-state index contributed by atoms with van der Waals surface area (Å²) in [4.78, 5) is 33.2. The lowest BCUT2D eigenvalue weighted by Gasteiger charge is -2.38. The number of hydrogen-bond donors (Lipinski definition) is 3. The number of hydrogen-bond acceptors (Lipinski definition) is 3. The van der Waals surface area contributed by atoms with Crippen LogP contribution in [0.5, 0.6) is 0 Å². The first-order valence-corrected chi connectivity index (χ1v) is 17.5. The molecule has 0 aromatic heterocycles. The zero-order chi connectivity index (χ0) is 31.2. The fourth-order valence-corrected chi connectivity index (χ4v) is 5.89. The SMILES string of the molecule is CCCCCCCCCCCCCCCCCCCC/C=C/C[N+](CCCC(=O)O)(CCCC(=O)O)CCCC(=O)O. The summed E-state index contributed by atoms with van der Waals surface area (Å²) in [7, 11) is 0. The first-order chi connectivity index (χ1) is 20.3. The van der Waals surface area contributed by atoms with E-state index in [4.69, 9.17) is 15.3 Å². The summed E-state index contributed by atoms with van der Waals surface area (Å²) in [6.45, 7) is 4.83. The molecule has 0 unspecified atom stereocenters. The topological polar surface area (TPSA) is 112 Å². The molecule has 0 heterocycles. The molecule has 7 nitrogen and oxygen atoms in total. The molecule has 42 heavy (non-hydrogen) atoms. The zero-order valence-corrected chi connectivity index (χ0v) is 27.2. The lowest BCUT2D eigenvalue weighted by molar-refractivity contribution is -0.923. The monoisotopic (exact) mass is 596 g/mol. The second-order valence-corrected chi connectivity index (χ2v) is 12.5. The summed E-state index contributed by atoms with van der Waals surface area (Å²) in [6, 6.07) is 0. The van der Waals surface area contributed by atoms with Crippen LogP contribution in [0.15, 0.2) is 12.2 Å². The summed E-state index contributed by atoms with van der Waals surface area (Å²) in [5.41, 5.74) is 0. The van der Waals surface area contributed by atoms with Gasteiger partial charge in [0.15, 0.2) is 0 Å². The summed E-state index contributed by atoms with van der Waals surface area (Å²) < 4.78 is 0.559. The maximum Gasteiger partial charge on any atom is 0.303 e. The minimum Gasteiger partial charge on any atom is -0.481 e. The number of carboxylic acid groups (broad SMARTS) is 3. The Balaban J connectivity index is 4.09. The third-order valence-electron chi connectivity index (χ3n) is 8.45. The standard InChI is InChI=1S/C35H65NO6/c1-2-3-4-5-6-7-8-9-10-11-12-13-14-15-16-17-18-19-20-21-22-29-36(30-23-26-33(37)38,31-24-27-34(39)40)32-25-28-35(41)42/h21-22H,2-20,23-32H2,1H3,(H2-,37,38,39,40,41,42)/p+1/b22-21+. The van der Waals surface area contributed by atoms with Crippen LogP contribution in [0, 0.1) is 0 Å². The highest BCUT2D eigenvalue weighted by molar-refractivity contribution is 5.67. The highest BCUT2D eigenvalue weighted by Crippen LogP contribution is 2.17. The average Bonchev–Trinajstić information content (AvgIpc) is 2.93. The van der Waals surface area contributed by atoms with Gasteiger partial charge < -0.3 is 19.8 Å². The first kappa shape index (κ1) is 40.1. The lowest BCUT2D eigenvalue weighted by Crippen LogP contribution is -2.50. The molecule has 7 heteroatoms. The van der Waals surface area contributed by atoms with E-state index >= 15 is 0 Å². The molecule has 0 saturated heterocycles. The molecule has 0 aliphatic heterocycles. The Morgan fingerprint density at radius 1 is 0.452 bits per heavy atom. The van der Waals surface area contributed by atoms with E-state index in [-0.39, 0.29) is 19.3 Å². The van der Waals surface area contributed by atoms with Gasteiger partial charge in [0.1, 0.15) is 0 Å². The Hall–Kier alpha value is -1.89. The van der Waals surface area contributed by atoms with Crippen LogP contribution in [0.1, 0.15) is 167 Å². The number of quaternary nitrogens is 1. The van der Waals surface area contributed by atoms with Gasteiger partial charge in [0.25, 0.3) is 0 Å². The van der Waals surface area contributed by atoms with Crippen LogP contribution in [0.25, 0.3) is 0 Å². The number of carboxylic acids is 3. The van der Waals surface area contributed by atoms with Crippen molar-refractivity contribution in [2.24, 2.45) is 0 Å². The summed E-state index contributed by atoms with van der Waals surface area (Å²) in [5, 5.41) is 27.3. The zero-order valence-electron chi connectivity index (χ0n) is 27.2. The maximum absolute atomic E-state index is 11.1. The van der Waals surface area contributed by atoms with Crippen LogP contribution in [-0.2, 0) is 14.4 Å². The fraction of sp³-hybridized carbons (Fsp3) is 0.857. The Labute approximate surface area is 257 Å². The van der Waals surface area contributed by atoms with Crippen molar-refractivity contribution in [3.8, 4) is 0 Å². The van der Waals surface area contributed by atoms with Gasteiger partial charge in [0.2, 0.25) is 0 Å². The van der Waals surface area contributed by atoms with Gasteiger partial charge in [-0.15, -0.1) is 0 Å². The van der Waals surface area contributed by atoms with E-state index in [1.807, 2.05) is 0 Å². The number of carbonyl (C=O) groups is 3. The molecule has 0 spiro atoms. The van der Waals surface area contributed by atoms with Crippen molar-refractivity contribution in [3.63, 3.8) is 0 Å². The molecule has 0 aromatic carbocycles. The quantitative estimate of drug-likeness (QED) is 0.0395. The van der Waals surface area contributed by atoms with Gasteiger partial charge in [-0.25, -0.2) is 0 Å². The third kappa shape index (κ3) is 28.2. The highest BCUT2D eigenvalue weighted by atomic mass is 16.4. The van der Waals surface area contributed by atoms with Gasteiger partial charge in [-0.05, 0) is 18.9 Å². The number of unbranched alkanes of at least 4 members (excludes halogenated alkanes) is 18. The van der Waals surface area contributed by atoms with Gasteiger partial charge in [0, 0.05) is 19.3 Å². The molecular formula is C35H66NO6+.